The predicted octanol–water partition coefficient (Wildman–Crippen LogP) is 2.68. The molecule has 0 radical (unpaired) electrons. The monoisotopic (exact) mass is 295 g/mol. The highest BCUT2D eigenvalue weighted by Gasteiger charge is 2.18. The van der Waals surface area contributed by atoms with Gasteiger partial charge in [0.05, 0.1) is 11.4 Å². The highest BCUT2D eigenvalue weighted by atomic mass is 79.9. The van der Waals surface area contributed by atoms with E-state index in [2.05, 4.69) is 21.2 Å². The van der Waals surface area contributed by atoms with Crippen molar-refractivity contribution in [2.75, 3.05) is 5.33 Å². The number of benzene rings is 1. The molecule has 1 aromatic rings. The van der Waals surface area contributed by atoms with E-state index in [0.717, 1.165) is 0 Å². The number of carbonyl (C=O) groups excluding carboxylic acids is 1. The molecule has 0 aliphatic rings. The summed E-state index contributed by atoms with van der Waals surface area (Å²) < 4.78 is 39.2. The molecule has 88 valence electrons. The lowest BCUT2D eigenvalue weighted by Gasteiger charge is -2.15. The quantitative estimate of drug-likeness (QED) is 0.854. The molecule has 1 amide bonds. The molecule has 1 N–H and O–H groups in total. The van der Waals surface area contributed by atoms with Crippen LogP contribution in [0.2, 0.25) is 0 Å². The molecule has 0 bridgehead atoms. The molecular formula is C10H9BrF3NO. The van der Waals surface area contributed by atoms with Crippen LogP contribution in [0.15, 0.2) is 12.1 Å². The zero-order valence-corrected chi connectivity index (χ0v) is 9.95. The molecule has 16 heavy (non-hydrogen) atoms. The molecule has 0 aromatic heterocycles. The summed E-state index contributed by atoms with van der Waals surface area (Å²) in [4.78, 5) is 11.0. The Morgan fingerprint density at radius 2 is 1.88 bits per heavy atom. The molecule has 0 heterocycles. The summed E-state index contributed by atoms with van der Waals surface area (Å²) in [6.07, 6.45) is 0. The van der Waals surface area contributed by atoms with Gasteiger partial charge in [0.1, 0.15) is 17.5 Å². The fourth-order valence-corrected chi connectivity index (χ4v) is 1.48. The first-order chi connectivity index (χ1) is 7.45. The van der Waals surface area contributed by atoms with Crippen molar-refractivity contribution in [2.45, 2.75) is 13.0 Å². The van der Waals surface area contributed by atoms with Crippen molar-refractivity contribution in [3.05, 3.63) is 35.1 Å². The lowest BCUT2D eigenvalue weighted by molar-refractivity contribution is -0.119. The second kappa shape index (κ2) is 5.34. The fourth-order valence-electron chi connectivity index (χ4n) is 1.32. The average Bonchev–Trinajstić information content (AvgIpc) is 2.15. The van der Waals surface area contributed by atoms with Crippen LogP contribution in [0, 0.1) is 17.5 Å². The van der Waals surface area contributed by atoms with Crippen molar-refractivity contribution in [2.24, 2.45) is 0 Å². The van der Waals surface area contributed by atoms with Crippen LogP contribution in [-0.2, 0) is 4.79 Å². The third kappa shape index (κ3) is 2.98. The molecule has 1 atom stereocenters. The van der Waals surface area contributed by atoms with Crippen molar-refractivity contribution in [3.8, 4) is 0 Å². The Morgan fingerprint density at radius 1 is 1.38 bits per heavy atom. The summed E-state index contributed by atoms with van der Waals surface area (Å²) >= 11 is 2.90. The lowest BCUT2D eigenvalue weighted by Crippen LogP contribution is -2.28. The Morgan fingerprint density at radius 3 is 2.31 bits per heavy atom. The summed E-state index contributed by atoms with van der Waals surface area (Å²) in [7, 11) is 0. The van der Waals surface area contributed by atoms with E-state index in [1.54, 1.807) is 0 Å². The smallest absolute Gasteiger partial charge is 0.231 e. The second-order valence-corrected chi connectivity index (χ2v) is 3.77. The van der Waals surface area contributed by atoms with Crippen molar-refractivity contribution >= 4 is 21.8 Å². The van der Waals surface area contributed by atoms with Crippen molar-refractivity contribution in [3.63, 3.8) is 0 Å². The minimum atomic E-state index is -1.01. The van der Waals surface area contributed by atoms with Gasteiger partial charge in [-0.3, -0.25) is 4.79 Å². The van der Waals surface area contributed by atoms with Gasteiger partial charge in [-0.05, 0) is 6.92 Å². The first-order valence-electron chi connectivity index (χ1n) is 4.45. The van der Waals surface area contributed by atoms with E-state index in [4.69, 9.17) is 0 Å². The van der Waals surface area contributed by atoms with Gasteiger partial charge in [-0.2, -0.15) is 0 Å². The minimum absolute atomic E-state index is 0.0295. The number of alkyl halides is 1. The SMILES string of the molecule is C[C@H](NC(=O)CBr)c1c(F)cc(F)cc1F. The van der Waals surface area contributed by atoms with Gasteiger partial charge in [0.15, 0.2) is 0 Å². The van der Waals surface area contributed by atoms with E-state index in [1.807, 2.05) is 0 Å². The first-order valence-corrected chi connectivity index (χ1v) is 5.57. The number of amides is 1. The molecule has 0 saturated heterocycles. The van der Waals surface area contributed by atoms with E-state index in [9.17, 15) is 18.0 Å². The van der Waals surface area contributed by atoms with Crippen LogP contribution in [0.25, 0.3) is 0 Å². The van der Waals surface area contributed by atoms with Gasteiger partial charge >= 0.3 is 0 Å². The van der Waals surface area contributed by atoms with Gasteiger partial charge in [-0.15, -0.1) is 0 Å². The molecule has 0 saturated carbocycles. The summed E-state index contributed by atoms with van der Waals surface area (Å²) in [6.45, 7) is 1.42. The summed E-state index contributed by atoms with van der Waals surface area (Å²) in [5.41, 5.74) is -0.351. The number of hydrogen-bond acceptors (Lipinski definition) is 1. The predicted molar refractivity (Wildman–Crippen MR) is 56.7 cm³/mol. The van der Waals surface area contributed by atoms with Crippen LogP contribution in [0.5, 0.6) is 0 Å². The maximum absolute atomic E-state index is 13.3. The van der Waals surface area contributed by atoms with Crippen LogP contribution >= 0.6 is 15.9 Å². The van der Waals surface area contributed by atoms with E-state index in [-0.39, 0.29) is 10.9 Å². The number of nitrogens with one attached hydrogen (secondary N) is 1. The van der Waals surface area contributed by atoms with Crippen LogP contribution < -0.4 is 5.32 Å². The van der Waals surface area contributed by atoms with Crippen LogP contribution in [-0.4, -0.2) is 11.2 Å². The van der Waals surface area contributed by atoms with Gasteiger partial charge in [0.25, 0.3) is 0 Å². The number of rotatable bonds is 3. The third-order valence-corrected chi connectivity index (χ3v) is 2.48. The average molecular weight is 296 g/mol. The molecule has 6 heteroatoms. The number of halogens is 4. The molecule has 0 spiro atoms. The highest BCUT2D eigenvalue weighted by Crippen LogP contribution is 2.21. The Bertz CT molecular complexity index is 388. The topological polar surface area (TPSA) is 29.1 Å². The van der Waals surface area contributed by atoms with Crippen molar-refractivity contribution < 1.29 is 18.0 Å². The molecule has 1 aromatic carbocycles. The van der Waals surface area contributed by atoms with Crippen molar-refractivity contribution in [1.29, 1.82) is 0 Å². The standard InChI is InChI=1S/C10H9BrF3NO/c1-5(15-9(16)4-11)10-7(13)2-6(12)3-8(10)14/h2-3,5H,4H2,1H3,(H,15,16)/t5-/m0/s1. The van der Waals surface area contributed by atoms with E-state index in [1.165, 1.54) is 6.92 Å². The van der Waals surface area contributed by atoms with E-state index in [0.29, 0.717) is 12.1 Å². The Balaban J connectivity index is 2.99. The normalized spacial score (nSPS) is 12.3. The maximum atomic E-state index is 13.3. The van der Waals surface area contributed by atoms with Crippen LogP contribution in [0.4, 0.5) is 13.2 Å². The molecule has 1 rings (SSSR count). The first kappa shape index (κ1) is 13.0. The van der Waals surface area contributed by atoms with E-state index < -0.39 is 29.4 Å². The van der Waals surface area contributed by atoms with Gasteiger partial charge in [-0.1, -0.05) is 15.9 Å². The molecule has 0 aliphatic heterocycles. The minimum Gasteiger partial charge on any atom is -0.349 e. The van der Waals surface area contributed by atoms with Crippen LogP contribution in [0.1, 0.15) is 18.5 Å². The van der Waals surface area contributed by atoms with Gasteiger partial charge in [0, 0.05) is 17.7 Å². The zero-order chi connectivity index (χ0) is 12.3. The highest BCUT2D eigenvalue weighted by molar-refractivity contribution is 9.09. The van der Waals surface area contributed by atoms with Gasteiger partial charge in [-0.25, -0.2) is 13.2 Å². The van der Waals surface area contributed by atoms with Gasteiger partial charge < -0.3 is 5.32 Å². The summed E-state index contributed by atoms with van der Waals surface area (Å²) in [5, 5.41) is 2.39. The maximum Gasteiger partial charge on any atom is 0.231 e. The van der Waals surface area contributed by atoms with Crippen LogP contribution in [0.3, 0.4) is 0 Å². The summed E-state index contributed by atoms with van der Waals surface area (Å²) in [6, 6.07) is 0.301. The van der Waals surface area contributed by atoms with Gasteiger partial charge in [0.2, 0.25) is 5.91 Å². The third-order valence-electron chi connectivity index (χ3n) is 1.98. The largest absolute Gasteiger partial charge is 0.349 e. The van der Waals surface area contributed by atoms with E-state index >= 15 is 0 Å². The Kier molecular flexibility index (Phi) is 4.35. The Hall–Kier alpha value is -1.04. The molecule has 0 aliphatic carbocycles. The Labute approximate surface area is 99.0 Å². The van der Waals surface area contributed by atoms with Crippen molar-refractivity contribution in [1.82, 2.24) is 5.32 Å². The lowest BCUT2D eigenvalue weighted by atomic mass is 10.1. The molecular weight excluding hydrogens is 287 g/mol. The molecule has 2 nitrogen and oxygen atoms in total. The summed E-state index contributed by atoms with van der Waals surface area (Å²) in [5.74, 6) is -3.42. The number of hydrogen-bond donors (Lipinski definition) is 1. The molecule has 0 unspecified atom stereocenters. The fraction of sp³-hybridized carbons (Fsp3) is 0.300. The second-order valence-electron chi connectivity index (χ2n) is 3.21. The molecule has 0 fully saturated rings. The zero-order valence-electron chi connectivity index (χ0n) is 8.36. The number of carbonyl (C=O) groups is 1.